The van der Waals surface area contributed by atoms with Gasteiger partial charge in [0.25, 0.3) is 0 Å². The molecule has 0 saturated heterocycles. The van der Waals surface area contributed by atoms with E-state index in [-0.39, 0.29) is 0 Å². The fourth-order valence-corrected chi connectivity index (χ4v) is 2.22. The van der Waals surface area contributed by atoms with Crippen molar-refractivity contribution in [3.05, 3.63) is 47.1 Å². The van der Waals surface area contributed by atoms with E-state index in [1.165, 1.54) is 5.56 Å². The lowest BCUT2D eigenvalue weighted by molar-refractivity contribution is 0.221. The third kappa shape index (κ3) is 2.93. The van der Waals surface area contributed by atoms with E-state index in [4.69, 9.17) is 0 Å². The SMILES string of the molecule is CC(C)N1C=C(SCc2ccccc2)NN1. The maximum atomic E-state index is 3.16. The molecule has 3 nitrogen and oxygen atoms in total. The summed E-state index contributed by atoms with van der Waals surface area (Å²) in [6, 6.07) is 11.0. The van der Waals surface area contributed by atoms with E-state index in [1.807, 2.05) is 6.07 Å². The number of nitrogens with one attached hydrogen (secondary N) is 2. The Morgan fingerprint density at radius 3 is 2.62 bits per heavy atom. The van der Waals surface area contributed by atoms with Crippen LogP contribution in [0.15, 0.2) is 41.6 Å². The number of nitrogens with zero attached hydrogens (tertiary/aromatic N) is 1. The molecule has 0 atom stereocenters. The molecule has 0 saturated carbocycles. The Morgan fingerprint density at radius 2 is 2.00 bits per heavy atom. The zero-order valence-corrected chi connectivity index (χ0v) is 10.4. The Balaban J connectivity index is 1.86. The summed E-state index contributed by atoms with van der Waals surface area (Å²) in [5.41, 5.74) is 7.62. The van der Waals surface area contributed by atoms with Gasteiger partial charge in [0, 0.05) is 18.0 Å². The van der Waals surface area contributed by atoms with Gasteiger partial charge in [0.2, 0.25) is 0 Å². The zero-order valence-electron chi connectivity index (χ0n) is 9.60. The first-order chi connectivity index (χ1) is 7.75. The summed E-state index contributed by atoms with van der Waals surface area (Å²) in [7, 11) is 0. The van der Waals surface area contributed by atoms with E-state index in [0.29, 0.717) is 6.04 Å². The van der Waals surface area contributed by atoms with Crippen LogP contribution in [-0.2, 0) is 5.75 Å². The highest BCUT2D eigenvalue weighted by molar-refractivity contribution is 8.02. The van der Waals surface area contributed by atoms with Crippen LogP contribution in [0, 0.1) is 0 Å². The molecule has 0 spiro atoms. The minimum absolute atomic E-state index is 0.460. The van der Waals surface area contributed by atoms with Crippen molar-refractivity contribution in [1.29, 1.82) is 0 Å². The van der Waals surface area contributed by atoms with E-state index >= 15 is 0 Å². The molecule has 16 heavy (non-hydrogen) atoms. The van der Waals surface area contributed by atoms with Crippen LogP contribution in [0.5, 0.6) is 0 Å². The average molecular weight is 235 g/mol. The highest BCUT2D eigenvalue weighted by atomic mass is 32.2. The predicted octanol–water partition coefficient (Wildman–Crippen LogP) is 2.45. The molecule has 2 N–H and O–H groups in total. The normalized spacial score (nSPS) is 15.2. The van der Waals surface area contributed by atoms with E-state index in [0.717, 1.165) is 10.8 Å². The van der Waals surface area contributed by atoms with E-state index in [1.54, 1.807) is 11.8 Å². The lowest BCUT2D eigenvalue weighted by atomic mass is 10.2. The van der Waals surface area contributed by atoms with E-state index in [2.05, 4.69) is 60.3 Å². The second kappa shape index (κ2) is 5.27. The first-order valence-corrected chi connectivity index (χ1v) is 6.43. The molecule has 86 valence electrons. The highest BCUT2D eigenvalue weighted by Gasteiger charge is 2.13. The monoisotopic (exact) mass is 235 g/mol. The Bertz CT molecular complexity index is 362. The topological polar surface area (TPSA) is 27.3 Å². The van der Waals surface area contributed by atoms with Gasteiger partial charge in [0.15, 0.2) is 0 Å². The van der Waals surface area contributed by atoms with Crippen LogP contribution in [0.4, 0.5) is 0 Å². The van der Waals surface area contributed by atoms with Crippen molar-refractivity contribution in [3.63, 3.8) is 0 Å². The number of benzene rings is 1. The van der Waals surface area contributed by atoms with Crippen LogP contribution >= 0.6 is 11.8 Å². The molecule has 1 aromatic rings. The maximum Gasteiger partial charge on any atom is 0.102 e. The lowest BCUT2D eigenvalue weighted by Gasteiger charge is -2.18. The second-order valence-electron chi connectivity index (χ2n) is 4.01. The van der Waals surface area contributed by atoms with Crippen LogP contribution in [0.2, 0.25) is 0 Å². The number of hydrazine groups is 2. The van der Waals surface area contributed by atoms with Gasteiger partial charge in [-0.1, -0.05) is 30.3 Å². The molecule has 2 rings (SSSR count). The Labute approximate surface area is 101 Å². The molecule has 0 amide bonds. The van der Waals surface area contributed by atoms with Crippen molar-refractivity contribution in [2.75, 3.05) is 0 Å². The largest absolute Gasteiger partial charge is 0.297 e. The first kappa shape index (κ1) is 11.4. The van der Waals surface area contributed by atoms with Crippen molar-refractivity contribution in [3.8, 4) is 0 Å². The van der Waals surface area contributed by atoms with Gasteiger partial charge in [-0.3, -0.25) is 10.4 Å². The van der Waals surface area contributed by atoms with Crippen LogP contribution in [0.3, 0.4) is 0 Å². The quantitative estimate of drug-likeness (QED) is 0.838. The second-order valence-corrected chi connectivity index (χ2v) is 5.02. The summed E-state index contributed by atoms with van der Waals surface area (Å²) in [6.45, 7) is 4.30. The van der Waals surface area contributed by atoms with Gasteiger partial charge in [-0.15, -0.1) is 17.3 Å². The van der Waals surface area contributed by atoms with Crippen molar-refractivity contribution < 1.29 is 0 Å². The molecule has 0 aromatic heterocycles. The lowest BCUT2D eigenvalue weighted by Crippen LogP contribution is -2.40. The standard InChI is InChI=1S/C12H17N3S/c1-10(2)15-8-12(13-14-15)16-9-11-6-4-3-5-7-11/h3-8,10,13-14H,9H2,1-2H3. The Kier molecular flexibility index (Phi) is 3.74. The molecule has 1 aliphatic rings. The van der Waals surface area contributed by atoms with Gasteiger partial charge in [0.1, 0.15) is 5.03 Å². The summed E-state index contributed by atoms with van der Waals surface area (Å²) in [6.07, 6.45) is 2.11. The van der Waals surface area contributed by atoms with Crippen LogP contribution in [-0.4, -0.2) is 11.1 Å². The molecule has 1 aliphatic heterocycles. The van der Waals surface area contributed by atoms with Crippen LogP contribution in [0.25, 0.3) is 0 Å². The van der Waals surface area contributed by atoms with Gasteiger partial charge in [-0.05, 0) is 19.4 Å². The van der Waals surface area contributed by atoms with Crippen molar-refractivity contribution in [1.82, 2.24) is 16.0 Å². The fourth-order valence-electron chi connectivity index (χ4n) is 1.40. The number of hydrogen-bond donors (Lipinski definition) is 2. The predicted molar refractivity (Wildman–Crippen MR) is 69.1 cm³/mol. The summed E-state index contributed by atoms with van der Waals surface area (Å²) in [4.78, 5) is 0. The Hall–Kier alpha value is -1.13. The van der Waals surface area contributed by atoms with Gasteiger partial charge in [-0.2, -0.15) is 0 Å². The number of hydrogen-bond acceptors (Lipinski definition) is 4. The molecule has 0 fully saturated rings. The van der Waals surface area contributed by atoms with Crippen molar-refractivity contribution in [2.45, 2.75) is 25.6 Å². The number of rotatable bonds is 4. The number of thioether (sulfide) groups is 1. The molecule has 4 heteroatoms. The third-order valence-electron chi connectivity index (χ3n) is 2.36. The van der Waals surface area contributed by atoms with Crippen LogP contribution < -0.4 is 11.0 Å². The average Bonchev–Trinajstić information content (AvgIpc) is 2.76. The summed E-state index contributed by atoms with van der Waals surface area (Å²) >= 11 is 1.80. The summed E-state index contributed by atoms with van der Waals surface area (Å²) in [5.74, 6) is 0.993. The molecule has 1 aromatic carbocycles. The Morgan fingerprint density at radius 1 is 1.25 bits per heavy atom. The minimum Gasteiger partial charge on any atom is -0.297 e. The maximum absolute atomic E-state index is 3.16. The third-order valence-corrected chi connectivity index (χ3v) is 3.35. The van der Waals surface area contributed by atoms with Crippen molar-refractivity contribution >= 4 is 11.8 Å². The van der Waals surface area contributed by atoms with Gasteiger partial charge in [-0.25, -0.2) is 0 Å². The molecular formula is C12H17N3S. The summed E-state index contributed by atoms with van der Waals surface area (Å²) in [5, 5.41) is 3.23. The molecular weight excluding hydrogens is 218 g/mol. The highest BCUT2D eigenvalue weighted by Crippen LogP contribution is 2.21. The minimum atomic E-state index is 0.460. The fraction of sp³-hybridized carbons (Fsp3) is 0.333. The van der Waals surface area contributed by atoms with Crippen LogP contribution in [0.1, 0.15) is 19.4 Å². The van der Waals surface area contributed by atoms with Gasteiger partial charge in [0.05, 0.1) is 0 Å². The van der Waals surface area contributed by atoms with Crippen molar-refractivity contribution in [2.24, 2.45) is 0 Å². The molecule has 0 bridgehead atoms. The zero-order chi connectivity index (χ0) is 11.4. The molecule has 0 aliphatic carbocycles. The first-order valence-electron chi connectivity index (χ1n) is 5.44. The van der Waals surface area contributed by atoms with Gasteiger partial charge < -0.3 is 0 Å². The van der Waals surface area contributed by atoms with E-state index < -0.39 is 0 Å². The molecule has 1 heterocycles. The molecule has 0 unspecified atom stereocenters. The summed E-state index contributed by atoms with van der Waals surface area (Å²) < 4.78 is 0. The van der Waals surface area contributed by atoms with E-state index in [9.17, 15) is 0 Å². The molecule has 0 radical (unpaired) electrons. The van der Waals surface area contributed by atoms with Gasteiger partial charge >= 0.3 is 0 Å². The smallest absolute Gasteiger partial charge is 0.102 e.